The van der Waals surface area contributed by atoms with Crippen molar-refractivity contribution in [3.63, 3.8) is 0 Å². The van der Waals surface area contributed by atoms with E-state index in [9.17, 15) is 10.2 Å². The van der Waals surface area contributed by atoms with Crippen LogP contribution in [0.1, 0.15) is 12.8 Å². The predicted molar refractivity (Wildman–Crippen MR) is 104 cm³/mol. The Bertz CT molecular complexity index is 673. The molecule has 2 aliphatic rings. The van der Waals surface area contributed by atoms with Gasteiger partial charge in [0.25, 0.3) is 0 Å². The van der Waals surface area contributed by atoms with Crippen molar-refractivity contribution in [3.8, 4) is 5.75 Å². The van der Waals surface area contributed by atoms with E-state index in [0.717, 1.165) is 31.7 Å². The van der Waals surface area contributed by atoms with Crippen molar-refractivity contribution < 1.29 is 14.9 Å². The Balaban J connectivity index is 1.40. The molecule has 0 unspecified atom stereocenters. The van der Waals surface area contributed by atoms with E-state index in [1.807, 2.05) is 17.2 Å². The van der Waals surface area contributed by atoms with Crippen LogP contribution in [-0.4, -0.2) is 64.9 Å². The van der Waals surface area contributed by atoms with Gasteiger partial charge in [0.2, 0.25) is 0 Å². The van der Waals surface area contributed by atoms with Gasteiger partial charge >= 0.3 is 0 Å². The maximum absolute atomic E-state index is 10.3. The lowest BCUT2D eigenvalue weighted by molar-refractivity contribution is 0.0503. The minimum atomic E-state index is -0.460. The molecule has 1 aromatic carbocycles. The lowest BCUT2D eigenvalue weighted by Crippen LogP contribution is -2.44. The van der Waals surface area contributed by atoms with Crippen LogP contribution in [0.5, 0.6) is 5.75 Å². The molecule has 0 aromatic heterocycles. The minimum Gasteiger partial charge on any atom is -0.510 e. The summed E-state index contributed by atoms with van der Waals surface area (Å²) >= 11 is 12.0. The van der Waals surface area contributed by atoms with Crippen LogP contribution >= 0.6 is 23.2 Å². The summed E-state index contributed by atoms with van der Waals surface area (Å²) in [4.78, 5) is 4.17. The standard InChI is InChI=1S/C19H24Cl2N2O3/c20-18-4-3-17(10-19(18)21)26-16-5-8-22(9-6-16)12-15(25)13-23-7-1-2-14(24)11-23/h1-4,7,10,15-16,24-25H,5-6,8-9,11-13H2/t15-/m1/s1. The summed E-state index contributed by atoms with van der Waals surface area (Å²) in [5.41, 5.74) is 0. The number of rotatable bonds is 6. The molecule has 1 fully saturated rings. The highest BCUT2D eigenvalue weighted by molar-refractivity contribution is 6.42. The maximum atomic E-state index is 10.3. The molecule has 142 valence electrons. The van der Waals surface area contributed by atoms with Crippen molar-refractivity contribution in [2.75, 3.05) is 32.7 Å². The molecule has 1 saturated heterocycles. The van der Waals surface area contributed by atoms with Gasteiger partial charge in [-0.3, -0.25) is 0 Å². The molecule has 0 radical (unpaired) electrons. The Hall–Kier alpha value is -1.40. The highest BCUT2D eigenvalue weighted by Crippen LogP contribution is 2.28. The van der Waals surface area contributed by atoms with E-state index in [1.165, 1.54) is 0 Å². The first-order valence-electron chi connectivity index (χ1n) is 8.82. The molecular formula is C19H24Cl2N2O3. The molecule has 0 bridgehead atoms. The second-order valence-corrected chi connectivity index (χ2v) is 7.59. The summed E-state index contributed by atoms with van der Waals surface area (Å²) in [5, 5.41) is 20.9. The monoisotopic (exact) mass is 398 g/mol. The van der Waals surface area contributed by atoms with E-state index < -0.39 is 6.10 Å². The van der Waals surface area contributed by atoms with Crippen molar-refractivity contribution >= 4 is 23.2 Å². The molecule has 1 aromatic rings. The van der Waals surface area contributed by atoms with E-state index in [-0.39, 0.29) is 6.10 Å². The summed E-state index contributed by atoms with van der Waals surface area (Å²) in [6, 6.07) is 5.32. The van der Waals surface area contributed by atoms with Gasteiger partial charge in [0.05, 0.1) is 22.7 Å². The molecular weight excluding hydrogens is 375 g/mol. The molecule has 0 amide bonds. The molecule has 2 N–H and O–H groups in total. The average Bonchev–Trinajstić information content (AvgIpc) is 2.60. The summed E-state index contributed by atoms with van der Waals surface area (Å²) < 4.78 is 5.99. The number of allylic oxidation sites excluding steroid dienone is 2. The molecule has 2 aliphatic heterocycles. The molecule has 26 heavy (non-hydrogen) atoms. The van der Waals surface area contributed by atoms with Crippen LogP contribution in [0.15, 0.2) is 42.3 Å². The number of piperidine rings is 1. The molecule has 1 atom stereocenters. The minimum absolute atomic E-state index is 0.146. The molecule has 3 rings (SSSR count). The number of hydrogen-bond acceptors (Lipinski definition) is 5. The zero-order valence-corrected chi connectivity index (χ0v) is 16.0. The van der Waals surface area contributed by atoms with E-state index in [2.05, 4.69) is 4.90 Å². The van der Waals surface area contributed by atoms with Gasteiger partial charge < -0.3 is 24.7 Å². The first kappa shape index (κ1) is 19.4. The van der Waals surface area contributed by atoms with Crippen LogP contribution in [0.3, 0.4) is 0 Å². The third kappa shape index (κ3) is 5.55. The van der Waals surface area contributed by atoms with Gasteiger partial charge in [-0.2, -0.15) is 0 Å². The fourth-order valence-corrected chi connectivity index (χ4v) is 3.58. The first-order chi connectivity index (χ1) is 12.5. The zero-order valence-electron chi connectivity index (χ0n) is 14.5. The first-order valence-corrected chi connectivity index (χ1v) is 9.57. The highest BCUT2D eigenvalue weighted by atomic mass is 35.5. The smallest absolute Gasteiger partial charge is 0.121 e. The van der Waals surface area contributed by atoms with Gasteiger partial charge in [-0.25, -0.2) is 0 Å². The van der Waals surface area contributed by atoms with Gasteiger partial charge in [0.1, 0.15) is 17.6 Å². The number of aliphatic hydroxyl groups excluding tert-OH is 2. The zero-order chi connectivity index (χ0) is 18.5. The van der Waals surface area contributed by atoms with Crippen molar-refractivity contribution in [1.82, 2.24) is 9.80 Å². The number of β-amino-alcohol motifs (C(OH)–C–C–N with tert-alkyl or cyclic N) is 1. The van der Waals surface area contributed by atoms with Crippen LogP contribution in [0.4, 0.5) is 0 Å². The predicted octanol–water partition coefficient (Wildman–Crippen LogP) is 3.47. The molecule has 0 saturated carbocycles. The van der Waals surface area contributed by atoms with Crippen LogP contribution < -0.4 is 4.74 Å². The van der Waals surface area contributed by atoms with E-state index in [0.29, 0.717) is 35.4 Å². The molecule has 2 heterocycles. The normalized spacial score (nSPS) is 20.1. The third-order valence-corrected chi connectivity index (χ3v) is 5.33. The number of ether oxygens (including phenoxy) is 1. The third-order valence-electron chi connectivity index (χ3n) is 4.59. The molecule has 0 aliphatic carbocycles. The van der Waals surface area contributed by atoms with Gasteiger partial charge in [-0.15, -0.1) is 0 Å². The lowest BCUT2D eigenvalue weighted by atomic mass is 10.1. The Morgan fingerprint density at radius 1 is 1.15 bits per heavy atom. The van der Waals surface area contributed by atoms with Crippen molar-refractivity contribution in [2.24, 2.45) is 0 Å². The Labute approximate surface area is 164 Å². The number of nitrogens with zero attached hydrogens (tertiary/aromatic N) is 2. The molecule has 5 nitrogen and oxygen atoms in total. The number of likely N-dealkylation sites (tertiary alicyclic amines) is 1. The Morgan fingerprint density at radius 2 is 1.92 bits per heavy atom. The number of hydrogen-bond donors (Lipinski definition) is 2. The summed E-state index contributed by atoms with van der Waals surface area (Å²) in [6.07, 6.45) is 6.84. The second-order valence-electron chi connectivity index (χ2n) is 6.78. The lowest BCUT2D eigenvalue weighted by Gasteiger charge is -2.34. The largest absolute Gasteiger partial charge is 0.510 e. The fraction of sp³-hybridized carbons (Fsp3) is 0.474. The fourth-order valence-electron chi connectivity index (χ4n) is 3.29. The van der Waals surface area contributed by atoms with Crippen molar-refractivity contribution in [1.29, 1.82) is 0 Å². The van der Waals surface area contributed by atoms with E-state index >= 15 is 0 Å². The number of aliphatic hydroxyl groups is 2. The van der Waals surface area contributed by atoms with Gasteiger partial charge in [0.15, 0.2) is 0 Å². The summed E-state index contributed by atoms with van der Waals surface area (Å²) in [6.45, 7) is 3.34. The topological polar surface area (TPSA) is 56.2 Å². The van der Waals surface area contributed by atoms with Crippen molar-refractivity contribution in [3.05, 3.63) is 52.4 Å². The molecule has 7 heteroatoms. The van der Waals surface area contributed by atoms with Gasteiger partial charge in [-0.05, 0) is 43.3 Å². The van der Waals surface area contributed by atoms with E-state index in [4.69, 9.17) is 27.9 Å². The quantitative estimate of drug-likeness (QED) is 0.767. The number of benzene rings is 1. The maximum Gasteiger partial charge on any atom is 0.121 e. The van der Waals surface area contributed by atoms with E-state index in [1.54, 1.807) is 24.3 Å². The SMILES string of the molecule is OC1=CC=CN(C[C@H](O)CN2CCC(Oc3ccc(Cl)c(Cl)c3)CC2)C1. The summed E-state index contributed by atoms with van der Waals surface area (Å²) in [7, 11) is 0. The second kappa shape index (κ2) is 9.00. The van der Waals surface area contributed by atoms with Crippen molar-refractivity contribution in [2.45, 2.75) is 25.0 Å². The Morgan fingerprint density at radius 3 is 2.62 bits per heavy atom. The van der Waals surface area contributed by atoms with Crippen LogP contribution in [0, 0.1) is 0 Å². The van der Waals surface area contributed by atoms with Gasteiger partial charge in [0, 0.05) is 32.2 Å². The van der Waals surface area contributed by atoms with Crippen LogP contribution in [0.2, 0.25) is 10.0 Å². The average molecular weight is 399 g/mol. The molecule has 0 spiro atoms. The van der Waals surface area contributed by atoms with Crippen LogP contribution in [0.25, 0.3) is 0 Å². The number of halogens is 2. The summed E-state index contributed by atoms with van der Waals surface area (Å²) in [5.74, 6) is 1.06. The Kier molecular flexibility index (Phi) is 6.70. The van der Waals surface area contributed by atoms with Gasteiger partial charge in [-0.1, -0.05) is 23.2 Å². The van der Waals surface area contributed by atoms with Crippen LogP contribution in [-0.2, 0) is 0 Å². The highest BCUT2D eigenvalue weighted by Gasteiger charge is 2.23.